The van der Waals surface area contributed by atoms with Crippen LogP contribution in [0.2, 0.25) is 0 Å². The molecule has 2 atom stereocenters. The van der Waals surface area contributed by atoms with Gasteiger partial charge in [0.1, 0.15) is 11.6 Å². The molecule has 0 bridgehead atoms. The highest BCUT2D eigenvalue weighted by molar-refractivity contribution is 5.93. The molecule has 128 valence electrons. The van der Waals surface area contributed by atoms with Crippen LogP contribution in [0.1, 0.15) is 19.8 Å². The number of halogens is 2. The van der Waals surface area contributed by atoms with E-state index < -0.39 is 23.6 Å². The van der Waals surface area contributed by atoms with Crippen LogP contribution in [0.5, 0.6) is 0 Å². The zero-order chi connectivity index (χ0) is 17.3. The zero-order valence-electron chi connectivity index (χ0n) is 13.3. The molecule has 1 aliphatic heterocycles. The summed E-state index contributed by atoms with van der Waals surface area (Å²) in [5.41, 5.74) is -0.323. The van der Waals surface area contributed by atoms with Crippen molar-refractivity contribution in [3.05, 3.63) is 35.9 Å². The SMILES string of the molecule is CC(=O)Nc1cc(NC(=O)N2C[C@H]3CC=CC[C@@H]3C2)c(F)cc1F. The fourth-order valence-electron chi connectivity index (χ4n) is 3.31. The van der Waals surface area contributed by atoms with Crippen LogP contribution in [-0.4, -0.2) is 29.9 Å². The van der Waals surface area contributed by atoms with Crippen LogP contribution < -0.4 is 10.6 Å². The van der Waals surface area contributed by atoms with Gasteiger partial charge in [-0.05, 0) is 30.7 Å². The molecule has 0 saturated carbocycles. The number of urea groups is 1. The summed E-state index contributed by atoms with van der Waals surface area (Å²) < 4.78 is 27.6. The summed E-state index contributed by atoms with van der Waals surface area (Å²) in [6.07, 6.45) is 6.15. The number of anilines is 2. The van der Waals surface area contributed by atoms with E-state index in [2.05, 4.69) is 22.8 Å². The number of rotatable bonds is 2. The van der Waals surface area contributed by atoms with Gasteiger partial charge < -0.3 is 15.5 Å². The van der Waals surface area contributed by atoms with Crippen LogP contribution in [0.4, 0.5) is 25.0 Å². The summed E-state index contributed by atoms with van der Waals surface area (Å²) in [5, 5.41) is 4.75. The van der Waals surface area contributed by atoms with Gasteiger partial charge in [0, 0.05) is 26.1 Å². The molecule has 1 aromatic rings. The molecule has 1 heterocycles. The van der Waals surface area contributed by atoms with E-state index in [0.717, 1.165) is 18.9 Å². The summed E-state index contributed by atoms with van der Waals surface area (Å²) in [5.74, 6) is -1.37. The van der Waals surface area contributed by atoms with Gasteiger partial charge in [0.15, 0.2) is 0 Å². The first kappa shape index (κ1) is 16.4. The molecule has 2 N–H and O–H groups in total. The Kier molecular flexibility index (Phi) is 4.51. The lowest BCUT2D eigenvalue weighted by Crippen LogP contribution is -2.33. The minimum absolute atomic E-state index is 0.154. The minimum Gasteiger partial charge on any atom is -0.324 e. The second kappa shape index (κ2) is 6.59. The van der Waals surface area contributed by atoms with E-state index in [-0.39, 0.29) is 11.4 Å². The van der Waals surface area contributed by atoms with Gasteiger partial charge in [-0.25, -0.2) is 13.6 Å². The van der Waals surface area contributed by atoms with Crippen molar-refractivity contribution in [3.63, 3.8) is 0 Å². The second-order valence-corrected chi connectivity index (χ2v) is 6.29. The predicted octanol–water partition coefficient (Wildman–Crippen LogP) is 3.35. The van der Waals surface area contributed by atoms with Gasteiger partial charge in [-0.1, -0.05) is 12.2 Å². The molecule has 0 radical (unpaired) electrons. The number of fused-ring (bicyclic) bond motifs is 1. The largest absolute Gasteiger partial charge is 0.324 e. The van der Waals surface area contributed by atoms with Gasteiger partial charge in [-0.3, -0.25) is 4.79 Å². The standard InChI is InChI=1S/C17H19F2N3O2/c1-10(23)20-15-7-16(14(19)6-13(15)18)21-17(24)22-8-11-4-2-3-5-12(11)9-22/h2-3,6-7,11-12H,4-5,8-9H2,1H3,(H,20,23)(H,21,24)/t11-,12-/m1/s1. The molecule has 2 aliphatic rings. The summed E-state index contributed by atoms with van der Waals surface area (Å²) in [6, 6.07) is 1.33. The Labute approximate surface area is 138 Å². The highest BCUT2D eigenvalue weighted by atomic mass is 19.1. The Morgan fingerprint density at radius 3 is 2.08 bits per heavy atom. The monoisotopic (exact) mass is 335 g/mol. The third kappa shape index (κ3) is 3.39. The Hall–Kier alpha value is -2.44. The smallest absolute Gasteiger partial charge is 0.321 e. The topological polar surface area (TPSA) is 61.4 Å². The van der Waals surface area contributed by atoms with E-state index in [9.17, 15) is 18.4 Å². The number of carbonyl (C=O) groups excluding carboxylic acids is 2. The van der Waals surface area contributed by atoms with E-state index in [1.54, 1.807) is 4.90 Å². The number of hydrogen-bond donors (Lipinski definition) is 2. The fourth-order valence-corrected chi connectivity index (χ4v) is 3.31. The summed E-state index contributed by atoms with van der Waals surface area (Å²) in [6.45, 7) is 2.48. The van der Waals surface area contributed by atoms with Crippen LogP contribution >= 0.6 is 0 Å². The second-order valence-electron chi connectivity index (χ2n) is 6.29. The Morgan fingerprint density at radius 2 is 1.54 bits per heavy atom. The number of hydrogen-bond acceptors (Lipinski definition) is 2. The molecule has 7 heteroatoms. The maximum Gasteiger partial charge on any atom is 0.321 e. The van der Waals surface area contributed by atoms with Crippen molar-refractivity contribution < 1.29 is 18.4 Å². The van der Waals surface area contributed by atoms with Gasteiger partial charge in [0.25, 0.3) is 0 Å². The highest BCUT2D eigenvalue weighted by Crippen LogP contribution is 2.33. The summed E-state index contributed by atoms with van der Waals surface area (Å²) in [4.78, 5) is 25.1. The van der Waals surface area contributed by atoms with Crippen molar-refractivity contribution in [2.75, 3.05) is 23.7 Å². The van der Waals surface area contributed by atoms with Crippen molar-refractivity contribution in [1.29, 1.82) is 0 Å². The minimum atomic E-state index is -0.890. The molecule has 5 nitrogen and oxygen atoms in total. The first-order valence-corrected chi connectivity index (χ1v) is 7.91. The lowest BCUT2D eigenvalue weighted by atomic mass is 9.86. The first-order chi connectivity index (χ1) is 11.4. The molecule has 3 amide bonds. The quantitative estimate of drug-likeness (QED) is 0.814. The van der Waals surface area contributed by atoms with Crippen LogP contribution in [-0.2, 0) is 4.79 Å². The van der Waals surface area contributed by atoms with E-state index in [1.165, 1.54) is 6.92 Å². The Bertz CT molecular complexity index is 689. The zero-order valence-corrected chi connectivity index (χ0v) is 13.3. The van der Waals surface area contributed by atoms with Gasteiger partial charge in [-0.2, -0.15) is 0 Å². The van der Waals surface area contributed by atoms with E-state index >= 15 is 0 Å². The summed E-state index contributed by atoms with van der Waals surface area (Å²) in [7, 11) is 0. The molecule has 3 rings (SSSR count). The number of amides is 3. The molecule has 1 aliphatic carbocycles. The first-order valence-electron chi connectivity index (χ1n) is 7.91. The van der Waals surface area contributed by atoms with Crippen LogP contribution in [0.15, 0.2) is 24.3 Å². The highest BCUT2D eigenvalue weighted by Gasteiger charge is 2.35. The number of benzene rings is 1. The van der Waals surface area contributed by atoms with Crippen LogP contribution in [0, 0.1) is 23.5 Å². The van der Waals surface area contributed by atoms with Crippen molar-refractivity contribution in [2.24, 2.45) is 11.8 Å². The van der Waals surface area contributed by atoms with Crippen molar-refractivity contribution in [3.8, 4) is 0 Å². The van der Waals surface area contributed by atoms with Crippen molar-refractivity contribution >= 4 is 23.3 Å². The van der Waals surface area contributed by atoms with Gasteiger partial charge in [0.2, 0.25) is 5.91 Å². The van der Waals surface area contributed by atoms with Crippen molar-refractivity contribution in [1.82, 2.24) is 4.90 Å². The molecule has 1 aromatic carbocycles. The lowest BCUT2D eigenvalue weighted by molar-refractivity contribution is -0.114. The van der Waals surface area contributed by atoms with E-state index in [4.69, 9.17) is 0 Å². The number of likely N-dealkylation sites (tertiary alicyclic amines) is 1. The van der Waals surface area contributed by atoms with Crippen LogP contribution in [0.3, 0.4) is 0 Å². The van der Waals surface area contributed by atoms with E-state index in [1.807, 2.05) is 0 Å². The normalized spacial score (nSPS) is 22.2. The van der Waals surface area contributed by atoms with Crippen LogP contribution in [0.25, 0.3) is 0 Å². The average Bonchev–Trinajstić information content (AvgIpc) is 2.95. The molecular weight excluding hydrogens is 316 g/mol. The molecule has 0 aromatic heterocycles. The molecule has 0 unspecified atom stereocenters. The van der Waals surface area contributed by atoms with Gasteiger partial charge in [-0.15, -0.1) is 0 Å². The number of carbonyl (C=O) groups is 2. The van der Waals surface area contributed by atoms with Gasteiger partial charge in [0.05, 0.1) is 11.4 Å². The number of allylic oxidation sites excluding steroid dienone is 2. The Balaban J connectivity index is 1.71. The fraction of sp³-hybridized carbons (Fsp3) is 0.412. The Morgan fingerprint density at radius 1 is 1.00 bits per heavy atom. The average molecular weight is 335 g/mol. The molecule has 0 spiro atoms. The molecular formula is C17H19F2N3O2. The predicted molar refractivity (Wildman–Crippen MR) is 86.6 cm³/mol. The molecule has 24 heavy (non-hydrogen) atoms. The molecule has 1 saturated heterocycles. The maximum absolute atomic E-state index is 13.9. The van der Waals surface area contributed by atoms with E-state index in [0.29, 0.717) is 31.0 Å². The third-order valence-electron chi connectivity index (χ3n) is 4.52. The number of nitrogens with one attached hydrogen (secondary N) is 2. The van der Waals surface area contributed by atoms with Crippen molar-refractivity contribution in [2.45, 2.75) is 19.8 Å². The maximum atomic E-state index is 13.9. The van der Waals surface area contributed by atoms with Gasteiger partial charge >= 0.3 is 6.03 Å². The molecule has 1 fully saturated rings. The number of nitrogens with zero attached hydrogens (tertiary/aromatic N) is 1. The lowest BCUT2D eigenvalue weighted by Gasteiger charge is -2.18. The summed E-state index contributed by atoms with van der Waals surface area (Å²) >= 11 is 0. The third-order valence-corrected chi connectivity index (χ3v) is 4.52.